The second-order valence-electron chi connectivity index (χ2n) is 3.98. The van der Waals surface area contributed by atoms with Gasteiger partial charge in [-0.3, -0.25) is 0 Å². The maximum Gasteiger partial charge on any atom is 0.418 e. The van der Waals surface area contributed by atoms with Gasteiger partial charge >= 0.3 is 6.18 Å². The van der Waals surface area contributed by atoms with Crippen molar-refractivity contribution in [1.29, 1.82) is 0 Å². The van der Waals surface area contributed by atoms with E-state index in [1.165, 1.54) is 12.1 Å². The summed E-state index contributed by atoms with van der Waals surface area (Å²) in [7, 11) is 1.06. The van der Waals surface area contributed by atoms with Crippen molar-refractivity contribution in [2.24, 2.45) is 0 Å². The van der Waals surface area contributed by atoms with Crippen LogP contribution >= 0.6 is 0 Å². The van der Waals surface area contributed by atoms with Crippen molar-refractivity contribution >= 4 is 0 Å². The van der Waals surface area contributed by atoms with E-state index in [2.05, 4.69) is 4.74 Å². The average molecular weight is 232 g/mol. The van der Waals surface area contributed by atoms with Gasteiger partial charge in [0.25, 0.3) is 0 Å². The van der Waals surface area contributed by atoms with E-state index in [-0.39, 0.29) is 5.56 Å². The van der Waals surface area contributed by atoms with E-state index in [0.717, 1.165) is 12.7 Å². The molecule has 0 bridgehead atoms. The molecular formula is C12H15F3O. The molecular weight excluding hydrogens is 217 g/mol. The Morgan fingerprint density at radius 1 is 1.00 bits per heavy atom. The maximum atomic E-state index is 12.5. The Kier molecular flexibility index (Phi) is 3.97. The van der Waals surface area contributed by atoms with Gasteiger partial charge in [-0.2, -0.15) is 13.2 Å². The van der Waals surface area contributed by atoms with Gasteiger partial charge in [-0.05, 0) is 17.0 Å². The molecule has 0 aliphatic rings. The van der Waals surface area contributed by atoms with Gasteiger partial charge in [-0.25, -0.2) is 0 Å². The second kappa shape index (κ2) is 4.87. The molecule has 0 fully saturated rings. The van der Waals surface area contributed by atoms with Crippen LogP contribution in [-0.4, -0.2) is 13.3 Å². The maximum absolute atomic E-state index is 12.5. The number of benzene rings is 1. The molecule has 90 valence electrons. The summed E-state index contributed by atoms with van der Waals surface area (Å²) >= 11 is 0. The lowest BCUT2D eigenvalue weighted by Crippen LogP contribution is -2.22. The van der Waals surface area contributed by atoms with Gasteiger partial charge < -0.3 is 4.74 Å². The molecule has 1 rings (SSSR count). The number of hydrogen-bond acceptors (Lipinski definition) is 1. The van der Waals surface area contributed by atoms with Crippen molar-refractivity contribution in [3.05, 3.63) is 35.4 Å². The molecule has 0 saturated carbocycles. The summed E-state index contributed by atoms with van der Waals surface area (Å²) in [4.78, 5) is 0. The van der Waals surface area contributed by atoms with Crippen molar-refractivity contribution < 1.29 is 17.9 Å². The molecule has 0 heterocycles. The number of ether oxygens (including phenoxy) is 1. The van der Waals surface area contributed by atoms with E-state index in [1.807, 2.05) is 13.8 Å². The van der Waals surface area contributed by atoms with Gasteiger partial charge in [0.2, 0.25) is 0 Å². The Morgan fingerprint density at radius 2 is 1.44 bits per heavy atom. The molecule has 0 aliphatic carbocycles. The van der Waals surface area contributed by atoms with Crippen LogP contribution in [0.1, 0.15) is 37.0 Å². The summed E-state index contributed by atoms with van der Waals surface area (Å²) in [6, 6.07) is 6.35. The topological polar surface area (TPSA) is 9.23 Å². The second-order valence-corrected chi connectivity index (χ2v) is 3.98. The minimum Gasteiger partial charge on any atom is -0.367 e. The van der Waals surface area contributed by atoms with Crippen LogP contribution in [0.4, 0.5) is 13.2 Å². The molecule has 1 atom stereocenters. The van der Waals surface area contributed by atoms with Crippen LogP contribution in [-0.2, 0) is 4.74 Å². The van der Waals surface area contributed by atoms with Crippen molar-refractivity contribution in [2.45, 2.75) is 32.0 Å². The van der Waals surface area contributed by atoms with Gasteiger partial charge in [0.05, 0.1) is 0 Å². The molecule has 1 nitrogen and oxygen atoms in total. The van der Waals surface area contributed by atoms with E-state index in [1.54, 1.807) is 12.1 Å². The van der Waals surface area contributed by atoms with Crippen LogP contribution in [0.15, 0.2) is 24.3 Å². The average Bonchev–Trinajstić information content (AvgIpc) is 2.17. The van der Waals surface area contributed by atoms with E-state index in [4.69, 9.17) is 0 Å². The quantitative estimate of drug-likeness (QED) is 0.763. The molecule has 0 N–H and O–H groups in total. The lowest BCUT2D eigenvalue weighted by atomic mass is 10.00. The largest absolute Gasteiger partial charge is 0.418 e. The van der Waals surface area contributed by atoms with Crippen molar-refractivity contribution in [3.8, 4) is 0 Å². The minimum absolute atomic E-state index is 0.138. The molecule has 0 aromatic heterocycles. The molecule has 4 heteroatoms. The lowest BCUT2D eigenvalue weighted by Gasteiger charge is -2.19. The smallest absolute Gasteiger partial charge is 0.367 e. The van der Waals surface area contributed by atoms with Crippen molar-refractivity contribution in [1.82, 2.24) is 0 Å². The number of alkyl halides is 3. The third-order valence-corrected chi connectivity index (χ3v) is 2.44. The highest BCUT2D eigenvalue weighted by atomic mass is 19.4. The molecule has 0 aliphatic heterocycles. The predicted octanol–water partition coefficient (Wildman–Crippen LogP) is 4.06. The van der Waals surface area contributed by atoms with Gasteiger partial charge in [0, 0.05) is 7.11 Å². The van der Waals surface area contributed by atoms with Crippen LogP contribution in [0, 0.1) is 0 Å². The van der Waals surface area contributed by atoms with Crippen LogP contribution in [0.25, 0.3) is 0 Å². The zero-order chi connectivity index (χ0) is 12.3. The van der Waals surface area contributed by atoms with Gasteiger partial charge in [0.1, 0.15) is 0 Å². The van der Waals surface area contributed by atoms with E-state index in [0.29, 0.717) is 5.92 Å². The standard InChI is InChI=1S/C12H15F3O/c1-8(2)9-4-6-10(7-5-9)11(16-3)12(13,14)15/h4-8,11H,1-3H3. The first-order valence-electron chi connectivity index (χ1n) is 5.05. The summed E-state index contributed by atoms with van der Waals surface area (Å²) in [5.74, 6) is 0.306. The fourth-order valence-corrected chi connectivity index (χ4v) is 1.51. The van der Waals surface area contributed by atoms with Crippen molar-refractivity contribution in [3.63, 3.8) is 0 Å². The Hall–Kier alpha value is -1.03. The molecule has 0 amide bonds. The van der Waals surface area contributed by atoms with Gasteiger partial charge in [-0.15, -0.1) is 0 Å². The summed E-state index contributed by atoms with van der Waals surface area (Å²) < 4.78 is 42.1. The number of hydrogen-bond donors (Lipinski definition) is 0. The van der Waals surface area contributed by atoms with Crippen molar-refractivity contribution in [2.75, 3.05) is 7.11 Å². The molecule has 1 aromatic rings. The highest BCUT2D eigenvalue weighted by Gasteiger charge is 2.41. The zero-order valence-corrected chi connectivity index (χ0v) is 9.51. The Labute approximate surface area is 93.2 Å². The lowest BCUT2D eigenvalue weighted by molar-refractivity contribution is -0.215. The third-order valence-electron chi connectivity index (χ3n) is 2.44. The Morgan fingerprint density at radius 3 is 1.75 bits per heavy atom. The first-order chi connectivity index (χ1) is 7.36. The number of rotatable bonds is 3. The first kappa shape index (κ1) is 13.0. The van der Waals surface area contributed by atoms with Crippen LogP contribution in [0.5, 0.6) is 0 Å². The minimum atomic E-state index is -4.37. The predicted molar refractivity (Wildman–Crippen MR) is 56.3 cm³/mol. The van der Waals surface area contributed by atoms with E-state index in [9.17, 15) is 13.2 Å². The molecule has 1 aromatic carbocycles. The SMILES string of the molecule is COC(c1ccc(C(C)C)cc1)C(F)(F)F. The van der Waals surface area contributed by atoms with Crippen LogP contribution in [0.3, 0.4) is 0 Å². The highest BCUT2D eigenvalue weighted by molar-refractivity contribution is 5.26. The fraction of sp³-hybridized carbons (Fsp3) is 0.500. The third kappa shape index (κ3) is 2.98. The summed E-state index contributed by atoms with van der Waals surface area (Å²) in [5, 5.41) is 0. The zero-order valence-electron chi connectivity index (χ0n) is 9.51. The molecule has 0 saturated heterocycles. The summed E-state index contributed by atoms with van der Waals surface area (Å²) in [6.45, 7) is 3.99. The van der Waals surface area contributed by atoms with Gasteiger partial charge in [0.15, 0.2) is 6.10 Å². The monoisotopic (exact) mass is 232 g/mol. The van der Waals surface area contributed by atoms with Crippen LogP contribution < -0.4 is 0 Å². The van der Waals surface area contributed by atoms with Gasteiger partial charge in [-0.1, -0.05) is 38.1 Å². The molecule has 0 spiro atoms. The number of methoxy groups -OCH3 is 1. The van der Waals surface area contributed by atoms with Crippen LogP contribution in [0.2, 0.25) is 0 Å². The molecule has 16 heavy (non-hydrogen) atoms. The fourth-order valence-electron chi connectivity index (χ4n) is 1.51. The number of halogens is 3. The Bertz CT molecular complexity index is 327. The normalized spacial score (nSPS) is 14.2. The van der Waals surface area contributed by atoms with E-state index >= 15 is 0 Å². The summed E-state index contributed by atoms with van der Waals surface area (Å²) in [6.07, 6.45) is -6.21. The highest BCUT2D eigenvalue weighted by Crippen LogP contribution is 2.35. The summed E-state index contributed by atoms with van der Waals surface area (Å²) in [5.41, 5.74) is 1.15. The first-order valence-corrected chi connectivity index (χ1v) is 5.05. The molecule has 1 unspecified atom stereocenters. The Balaban J connectivity index is 2.96. The van der Waals surface area contributed by atoms with E-state index < -0.39 is 12.3 Å². The molecule has 0 radical (unpaired) electrons.